The number of carbonyl (C=O) groups excluding carboxylic acids is 1. The Morgan fingerprint density at radius 3 is 2.59 bits per heavy atom. The molecule has 6 heteroatoms. The first-order chi connectivity index (χ1) is 14.2. The SMILES string of the molecule is C[C@H](NC(=O)C[NH2+][C@H](c1ccccc1)c1cccs1)c1ccc2c(c1)OCCO2. The molecule has 0 saturated heterocycles. The Morgan fingerprint density at radius 2 is 1.83 bits per heavy atom. The van der Waals surface area contributed by atoms with Gasteiger partial charge in [-0.2, -0.15) is 0 Å². The van der Waals surface area contributed by atoms with Crippen molar-refractivity contribution in [3.05, 3.63) is 82.0 Å². The van der Waals surface area contributed by atoms with Gasteiger partial charge in [0, 0.05) is 5.56 Å². The van der Waals surface area contributed by atoms with E-state index in [1.165, 1.54) is 10.4 Å². The molecule has 2 heterocycles. The maximum atomic E-state index is 12.6. The first-order valence-corrected chi connectivity index (χ1v) is 10.7. The highest BCUT2D eigenvalue weighted by Gasteiger charge is 2.21. The molecule has 0 aliphatic carbocycles. The first-order valence-electron chi connectivity index (χ1n) is 9.81. The molecule has 0 spiro atoms. The molecule has 2 aromatic carbocycles. The summed E-state index contributed by atoms with van der Waals surface area (Å²) in [6.07, 6.45) is 0. The molecule has 1 amide bonds. The molecular weight excluding hydrogens is 384 g/mol. The van der Waals surface area contributed by atoms with Crippen LogP contribution in [-0.4, -0.2) is 25.7 Å². The van der Waals surface area contributed by atoms with E-state index in [2.05, 4.69) is 34.2 Å². The van der Waals surface area contributed by atoms with Gasteiger partial charge in [-0.15, -0.1) is 11.3 Å². The topological polar surface area (TPSA) is 64.2 Å². The molecule has 3 aromatic rings. The summed E-state index contributed by atoms with van der Waals surface area (Å²) in [4.78, 5) is 13.9. The minimum absolute atomic E-state index is 0.00452. The van der Waals surface area contributed by atoms with E-state index in [-0.39, 0.29) is 18.0 Å². The average molecular weight is 410 g/mol. The van der Waals surface area contributed by atoms with Crippen LogP contribution in [0.5, 0.6) is 11.5 Å². The van der Waals surface area contributed by atoms with E-state index in [9.17, 15) is 4.79 Å². The highest BCUT2D eigenvalue weighted by molar-refractivity contribution is 7.10. The van der Waals surface area contributed by atoms with Crippen LogP contribution in [-0.2, 0) is 4.79 Å². The molecule has 1 aliphatic heterocycles. The van der Waals surface area contributed by atoms with Crippen molar-refractivity contribution in [1.82, 2.24) is 5.32 Å². The molecule has 150 valence electrons. The molecule has 0 fully saturated rings. The Hall–Kier alpha value is -2.83. The number of quaternary nitrogens is 1. The zero-order valence-electron chi connectivity index (χ0n) is 16.3. The third kappa shape index (κ3) is 4.78. The van der Waals surface area contributed by atoms with Crippen LogP contribution in [0.4, 0.5) is 0 Å². The van der Waals surface area contributed by atoms with E-state index in [4.69, 9.17) is 9.47 Å². The molecule has 2 atom stereocenters. The highest BCUT2D eigenvalue weighted by Crippen LogP contribution is 2.32. The number of benzene rings is 2. The number of hydrogen-bond donors (Lipinski definition) is 2. The maximum absolute atomic E-state index is 12.6. The van der Waals surface area contributed by atoms with Gasteiger partial charge in [0.1, 0.15) is 19.3 Å². The van der Waals surface area contributed by atoms with Gasteiger partial charge in [-0.25, -0.2) is 0 Å². The predicted octanol–water partition coefficient (Wildman–Crippen LogP) is 3.05. The van der Waals surface area contributed by atoms with Gasteiger partial charge in [0.15, 0.2) is 18.0 Å². The Bertz CT molecular complexity index is 944. The molecule has 0 bridgehead atoms. The van der Waals surface area contributed by atoms with Crippen LogP contribution >= 0.6 is 11.3 Å². The van der Waals surface area contributed by atoms with Crippen LogP contribution in [0.1, 0.15) is 35.0 Å². The molecule has 5 nitrogen and oxygen atoms in total. The average Bonchev–Trinajstić information content (AvgIpc) is 3.29. The zero-order chi connectivity index (χ0) is 20.1. The minimum Gasteiger partial charge on any atom is -0.486 e. The van der Waals surface area contributed by atoms with Crippen molar-refractivity contribution in [2.24, 2.45) is 0 Å². The third-order valence-corrected chi connectivity index (χ3v) is 5.95. The van der Waals surface area contributed by atoms with E-state index in [1.807, 2.05) is 49.4 Å². The third-order valence-electron chi connectivity index (χ3n) is 4.99. The number of rotatable bonds is 7. The number of thiophene rings is 1. The largest absolute Gasteiger partial charge is 0.486 e. The molecule has 0 unspecified atom stereocenters. The molecule has 1 aromatic heterocycles. The van der Waals surface area contributed by atoms with Crippen LogP contribution in [0.3, 0.4) is 0 Å². The Kier molecular flexibility index (Phi) is 6.12. The first kappa shape index (κ1) is 19.5. The maximum Gasteiger partial charge on any atom is 0.275 e. The number of nitrogens with one attached hydrogen (secondary N) is 1. The Labute approximate surface area is 174 Å². The van der Waals surface area contributed by atoms with Gasteiger partial charge in [0.2, 0.25) is 0 Å². The smallest absolute Gasteiger partial charge is 0.275 e. The van der Waals surface area contributed by atoms with Crippen molar-refractivity contribution in [3.63, 3.8) is 0 Å². The second-order valence-corrected chi connectivity index (χ2v) is 8.02. The fourth-order valence-electron chi connectivity index (χ4n) is 3.48. The van der Waals surface area contributed by atoms with Crippen molar-refractivity contribution in [2.45, 2.75) is 19.0 Å². The fraction of sp³-hybridized carbons (Fsp3) is 0.261. The van der Waals surface area contributed by atoms with E-state index in [0.29, 0.717) is 19.8 Å². The second-order valence-electron chi connectivity index (χ2n) is 7.04. The summed E-state index contributed by atoms with van der Waals surface area (Å²) in [5, 5.41) is 7.25. The Morgan fingerprint density at radius 1 is 1.03 bits per heavy atom. The summed E-state index contributed by atoms with van der Waals surface area (Å²) in [5.74, 6) is 1.50. The molecule has 3 N–H and O–H groups in total. The minimum atomic E-state index is -0.108. The van der Waals surface area contributed by atoms with Crippen molar-refractivity contribution >= 4 is 17.2 Å². The van der Waals surface area contributed by atoms with Crippen LogP contribution in [0.15, 0.2) is 66.0 Å². The van der Waals surface area contributed by atoms with Gasteiger partial charge in [-0.1, -0.05) is 42.5 Å². The van der Waals surface area contributed by atoms with Gasteiger partial charge in [0.25, 0.3) is 5.91 Å². The van der Waals surface area contributed by atoms with E-state index in [1.54, 1.807) is 11.3 Å². The lowest BCUT2D eigenvalue weighted by atomic mass is 10.1. The van der Waals surface area contributed by atoms with Crippen molar-refractivity contribution in [2.75, 3.05) is 19.8 Å². The lowest BCUT2D eigenvalue weighted by Crippen LogP contribution is -2.87. The number of fused-ring (bicyclic) bond motifs is 1. The lowest BCUT2D eigenvalue weighted by molar-refractivity contribution is -0.676. The lowest BCUT2D eigenvalue weighted by Gasteiger charge is -2.21. The summed E-state index contributed by atoms with van der Waals surface area (Å²) in [7, 11) is 0. The number of carbonyl (C=O) groups is 1. The van der Waals surface area contributed by atoms with E-state index >= 15 is 0 Å². The standard InChI is InChI=1S/C23H24N2O3S/c1-16(18-9-10-19-20(14-18)28-12-11-27-19)25-22(26)15-24-23(21-8-5-13-29-21)17-6-3-2-4-7-17/h2-10,13-14,16,23-24H,11-12,15H2,1H3,(H,25,26)/p+1/t16-,23+/m0/s1. The van der Waals surface area contributed by atoms with E-state index in [0.717, 1.165) is 17.1 Å². The number of ether oxygens (including phenoxy) is 2. The van der Waals surface area contributed by atoms with Crippen molar-refractivity contribution in [3.8, 4) is 11.5 Å². The fourth-order valence-corrected chi connectivity index (χ4v) is 4.33. The molecule has 0 saturated carbocycles. The van der Waals surface area contributed by atoms with Crippen LogP contribution < -0.4 is 20.1 Å². The molecule has 0 radical (unpaired) electrons. The summed E-state index contributed by atoms with van der Waals surface area (Å²) in [6.45, 7) is 3.46. The number of nitrogens with two attached hydrogens (primary N) is 1. The molecular formula is C23H25N2O3S+. The summed E-state index contributed by atoms with van der Waals surface area (Å²) < 4.78 is 11.2. The van der Waals surface area contributed by atoms with Gasteiger partial charge in [-0.05, 0) is 36.1 Å². The second kappa shape index (κ2) is 9.11. The molecule has 29 heavy (non-hydrogen) atoms. The Balaban J connectivity index is 1.38. The normalized spacial score (nSPS) is 14.8. The zero-order valence-corrected chi connectivity index (χ0v) is 17.2. The summed E-state index contributed by atoms with van der Waals surface area (Å²) >= 11 is 1.71. The van der Waals surface area contributed by atoms with Crippen molar-refractivity contribution in [1.29, 1.82) is 0 Å². The van der Waals surface area contributed by atoms with E-state index < -0.39 is 0 Å². The monoisotopic (exact) mass is 409 g/mol. The highest BCUT2D eigenvalue weighted by atomic mass is 32.1. The summed E-state index contributed by atoms with van der Waals surface area (Å²) in [6, 6.07) is 20.3. The van der Waals surface area contributed by atoms with Crippen LogP contribution in [0, 0.1) is 0 Å². The van der Waals surface area contributed by atoms with Gasteiger partial charge >= 0.3 is 0 Å². The van der Waals surface area contributed by atoms with Crippen LogP contribution in [0.2, 0.25) is 0 Å². The van der Waals surface area contributed by atoms with Gasteiger partial charge in [0.05, 0.1) is 10.9 Å². The quantitative estimate of drug-likeness (QED) is 0.630. The summed E-state index contributed by atoms with van der Waals surface area (Å²) in [5.41, 5.74) is 2.20. The molecule has 1 aliphatic rings. The molecule has 4 rings (SSSR count). The van der Waals surface area contributed by atoms with Gasteiger partial charge < -0.3 is 20.1 Å². The number of hydrogen-bond acceptors (Lipinski definition) is 4. The number of amides is 1. The van der Waals surface area contributed by atoms with Gasteiger partial charge in [-0.3, -0.25) is 4.79 Å². The predicted molar refractivity (Wildman–Crippen MR) is 113 cm³/mol. The van der Waals surface area contributed by atoms with Crippen LogP contribution in [0.25, 0.3) is 0 Å². The van der Waals surface area contributed by atoms with Crippen molar-refractivity contribution < 1.29 is 19.6 Å².